The quantitative estimate of drug-likeness (QED) is 0.629. The Kier molecular flexibility index (Phi) is 6.67. The Bertz CT molecular complexity index is 1010. The number of piperidine rings is 1. The third-order valence-electron chi connectivity index (χ3n) is 5.38. The second-order valence-electron chi connectivity index (χ2n) is 7.22. The van der Waals surface area contributed by atoms with Gasteiger partial charge in [-0.1, -0.05) is 23.7 Å². The number of rotatable bonds is 4. The number of hydrogen-bond donors (Lipinski definition) is 2. The Balaban J connectivity index is 0.00000240. The molecule has 1 saturated heterocycles. The van der Waals surface area contributed by atoms with Crippen LogP contribution < -0.4 is 10.1 Å². The summed E-state index contributed by atoms with van der Waals surface area (Å²) in [6, 6.07) is 11.4. The van der Waals surface area contributed by atoms with E-state index in [9.17, 15) is 4.79 Å². The topological polar surface area (TPSA) is 70.2 Å². The van der Waals surface area contributed by atoms with Gasteiger partial charge in [-0.25, -0.2) is 0 Å². The molecule has 1 fully saturated rings. The van der Waals surface area contributed by atoms with E-state index >= 15 is 0 Å². The molecular formula is C21H24Cl2N4O2. The number of amides is 1. The molecule has 154 valence electrons. The van der Waals surface area contributed by atoms with Crippen molar-refractivity contribution >= 4 is 46.6 Å². The zero-order valence-corrected chi connectivity index (χ0v) is 17.9. The first-order chi connectivity index (χ1) is 13.6. The van der Waals surface area contributed by atoms with E-state index in [2.05, 4.69) is 27.5 Å². The predicted molar refractivity (Wildman–Crippen MR) is 119 cm³/mol. The summed E-state index contributed by atoms with van der Waals surface area (Å²) in [4.78, 5) is 14.9. The van der Waals surface area contributed by atoms with Gasteiger partial charge in [0, 0.05) is 16.9 Å². The Morgan fingerprint density at radius 3 is 2.76 bits per heavy atom. The molecule has 0 spiro atoms. The smallest absolute Gasteiger partial charge is 0.228 e. The van der Waals surface area contributed by atoms with Crippen LogP contribution in [0.3, 0.4) is 0 Å². The molecule has 0 aliphatic carbocycles. The summed E-state index contributed by atoms with van der Waals surface area (Å²) in [5.41, 5.74) is 2.59. The van der Waals surface area contributed by atoms with Crippen molar-refractivity contribution in [2.24, 2.45) is 5.92 Å². The molecule has 29 heavy (non-hydrogen) atoms. The molecule has 0 unspecified atom stereocenters. The number of carbonyl (C=O) groups is 1. The van der Waals surface area contributed by atoms with Crippen molar-refractivity contribution in [1.82, 2.24) is 15.1 Å². The van der Waals surface area contributed by atoms with Crippen LogP contribution in [-0.2, 0) is 4.79 Å². The lowest BCUT2D eigenvalue weighted by molar-refractivity contribution is -0.121. The Morgan fingerprint density at radius 2 is 2.03 bits per heavy atom. The molecule has 8 heteroatoms. The van der Waals surface area contributed by atoms with Gasteiger partial charge in [-0.2, -0.15) is 5.10 Å². The van der Waals surface area contributed by atoms with Gasteiger partial charge in [0.1, 0.15) is 5.75 Å². The van der Waals surface area contributed by atoms with Gasteiger partial charge < -0.3 is 15.0 Å². The highest BCUT2D eigenvalue weighted by molar-refractivity contribution is 6.33. The summed E-state index contributed by atoms with van der Waals surface area (Å²) < 4.78 is 5.48. The largest absolute Gasteiger partial charge is 0.496 e. The number of carbonyl (C=O) groups excluding carboxylic acids is 1. The standard InChI is InChI=1S/C21H23ClN4O2.ClH/c1-26-10-8-13(9-11-26)21(27)23-20-15-12-14(6-7-17(15)24-25-20)19-16(22)4-3-5-18(19)28-2;/h3-7,12-13H,8-11H2,1-2H3,(H2,23,24,25,27);1H. The first kappa shape index (κ1) is 21.4. The average molecular weight is 435 g/mol. The number of nitrogens with one attached hydrogen (secondary N) is 2. The van der Waals surface area contributed by atoms with Gasteiger partial charge in [-0.3, -0.25) is 9.89 Å². The summed E-state index contributed by atoms with van der Waals surface area (Å²) in [6.07, 6.45) is 1.74. The second kappa shape index (κ2) is 9.03. The first-order valence-corrected chi connectivity index (χ1v) is 9.75. The van der Waals surface area contributed by atoms with E-state index in [1.54, 1.807) is 7.11 Å². The number of methoxy groups -OCH3 is 1. The average Bonchev–Trinajstić information content (AvgIpc) is 3.10. The minimum Gasteiger partial charge on any atom is -0.496 e. The lowest BCUT2D eigenvalue weighted by Crippen LogP contribution is -2.36. The fraction of sp³-hybridized carbons (Fsp3) is 0.333. The second-order valence-corrected chi connectivity index (χ2v) is 7.62. The highest BCUT2D eigenvalue weighted by Crippen LogP contribution is 2.38. The third kappa shape index (κ3) is 4.34. The Labute approximate surface area is 181 Å². The molecule has 0 atom stereocenters. The zero-order valence-electron chi connectivity index (χ0n) is 16.4. The molecule has 1 aliphatic rings. The molecular weight excluding hydrogens is 411 g/mol. The lowest BCUT2D eigenvalue weighted by Gasteiger charge is -2.27. The number of aromatic amines is 1. The van der Waals surface area contributed by atoms with Gasteiger partial charge >= 0.3 is 0 Å². The number of hydrogen-bond acceptors (Lipinski definition) is 4. The van der Waals surface area contributed by atoms with Crippen LogP contribution in [0.2, 0.25) is 5.02 Å². The van der Waals surface area contributed by atoms with Crippen molar-refractivity contribution in [3.8, 4) is 16.9 Å². The van der Waals surface area contributed by atoms with Gasteiger partial charge in [0.05, 0.1) is 17.6 Å². The maximum atomic E-state index is 12.7. The number of halogens is 2. The van der Waals surface area contributed by atoms with Crippen LogP contribution in [0, 0.1) is 5.92 Å². The SMILES string of the molecule is COc1cccc(Cl)c1-c1ccc2[nH]nc(NC(=O)C3CCN(C)CC3)c2c1.Cl. The van der Waals surface area contributed by atoms with Gasteiger partial charge in [0.2, 0.25) is 5.91 Å². The number of ether oxygens (including phenoxy) is 1. The molecule has 2 heterocycles. The number of benzene rings is 2. The fourth-order valence-corrected chi connectivity index (χ4v) is 3.98. The normalized spacial score (nSPS) is 15.1. The molecule has 1 aromatic heterocycles. The molecule has 4 rings (SSSR count). The number of fused-ring (bicyclic) bond motifs is 1. The highest BCUT2D eigenvalue weighted by Gasteiger charge is 2.24. The summed E-state index contributed by atoms with van der Waals surface area (Å²) in [5.74, 6) is 1.30. The molecule has 3 aromatic rings. The van der Waals surface area contributed by atoms with Crippen LogP contribution in [0.1, 0.15) is 12.8 Å². The molecule has 6 nitrogen and oxygen atoms in total. The van der Waals surface area contributed by atoms with Crippen LogP contribution in [0.25, 0.3) is 22.0 Å². The van der Waals surface area contributed by atoms with E-state index in [4.69, 9.17) is 16.3 Å². The van der Waals surface area contributed by atoms with E-state index in [0.717, 1.165) is 48.0 Å². The van der Waals surface area contributed by atoms with E-state index < -0.39 is 0 Å². The number of aromatic nitrogens is 2. The van der Waals surface area contributed by atoms with Crippen LogP contribution in [0.4, 0.5) is 5.82 Å². The Hall–Kier alpha value is -2.28. The maximum Gasteiger partial charge on any atom is 0.228 e. The summed E-state index contributed by atoms with van der Waals surface area (Å²) >= 11 is 6.43. The van der Waals surface area contributed by atoms with E-state index in [1.165, 1.54) is 0 Å². The highest BCUT2D eigenvalue weighted by atomic mass is 35.5. The van der Waals surface area contributed by atoms with Crippen LogP contribution >= 0.6 is 24.0 Å². The minimum absolute atomic E-state index is 0. The summed E-state index contributed by atoms with van der Waals surface area (Å²) in [7, 11) is 3.71. The number of nitrogens with zero attached hydrogens (tertiary/aromatic N) is 2. The van der Waals surface area contributed by atoms with Crippen molar-refractivity contribution in [3.63, 3.8) is 0 Å². The minimum atomic E-state index is 0. The lowest BCUT2D eigenvalue weighted by atomic mass is 9.96. The molecule has 1 aliphatic heterocycles. The molecule has 0 saturated carbocycles. The number of anilines is 1. The fourth-order valence-electron chi connectivity index (χ4n) is 3.71. The molecule has 2 N–H and O–H groups in total. The van der Waals surface area contributed by atoms with Crippen molar-refractivity contribution in [3.05, 3.63) is 41.4 Å². The third-order valence-corrected chi connectivity index (χ3v) is 5.69. The van der Waals surface area contributed by atoms with Crippen LogP contribution in [0.15, 0.2) is 36.4 Å². The first-order valence-electron chi connectivity index (χ1n) is 9.37. The molecule has 1 amide bonds. The molecule has 2 aromatic carbocycles. The van der Waals surface area contributed by atoms with Gasteiger partial charge in [0.15, 0.2) is 5.82 Å². The van der Waals surface area contributed by atoms with Gasteiger partial charge in [-0.15, -0.1) is 12.4 Å². The van der Waals surface area contributed by atoms with Gasteiger partial charge in [0.25, 0.3) is 0 Å². The van der Waals surface area contributed by atoms with Crippen molar-refractivity contribution in [1.29, 1.82) is 0 Å². The molecule has 0 radical (unpaired) electrons. The van der Waals surface area contributed by atoms with E-state index in [-0.39, 0.29) is 24.2 Å². The van der Waals surface area contributed by atoms with Gasteiger partial charge in [-0.05, 0) is 62.8 Å². The summed E-state index contributed by atoms with van der Waals surface area (Å²) in [6.45, 7) is 1.88. The van der Waals surface area contributed by atoms with Crippen molar-refractivity contribution in [2.75, 3.05) is 32.6 Å². The maximum absolute atomic E-state index is 12.7. The number of H-pyrrole nitrogens is 1. The van der Waals surface area contributed by atoms with Crippen molar-refractivity contribution in [2.45, 2.75) is 12.8 Å². The zero-order chi connectivity index (χ0) is 19.7. The van der Waals surface area contributed by atoms with Crippen LogP contribution in [-0.4, -0.2) is 48.3 Å². The predicted octanol–water partition coefficient (Wildman–Crippen LogP) is 4.59. The Morgan fingerprint density at radius 1 is 1.28 bits per heavy atom. The van der Waals surface area contributed by atoms with Crippen LogP contribution in [0.5, 0.6) is 5.75 Å². The number of likely N-dealkylation sites (tertiary alicyclic amines) is 1. The van der Waals surface area contributed by atoms with E-state index in [0.29, 0.717) is 16.6 Å². The monoisotopic (exact) mass is 434 g/mol. The summed E-state index contributed by atoms with van der Waals surface area (Å²) in [5, 5.41) is 11.8. The van der Waals surface area contributed by atoms with E-state index in [1.807, 2.05) is 36.4 Å². The molecule has 0 bridgehead atoms. The van der Waals surface area contributed by atoms with Crippen molar-refractivity contribution < 1.29 is 9.53 Å².